The first kappa shape index (κ1) is 19.2. The number of carbonyl (C=O) groups excluding carboxylic acids is 2. The van der Waals surface area contributed by atoms with Crippen molar-refractivity contribution in [2.75, 3.05) is 13.2 Å². The molecule has 1 aliphatic heterocycles. The predicted octanol–water partition coefficient (Wildman–Crippen LogP) is 3.06. The van der Waals surface area contributed by atoms with E-state index in [1.807, 2.05) is 24.3 Å². The molecule has 1 aromatic rings. The highest BCUT2D eigenvalue weighted by atomic mass is 35.5. The summed E-state index contributed by atoms with van der Waals surface area (Å²) in [5.41, 5.74) is 1.03. The summed E-state index contributed by atoms with van der Waals surface area (Å²) in [4.78, 5) is 24.7. The van der Waals surface area contributed by atoms with Crippen LogP contribution in [0.3, 0.4) is 0 Å². The number of hydrogen-bond donors (Lipinski definition) is 2. The van der Waals surface area contributed by atoms with Gasteiger partial charge in [-0.3, -0.25) is 9.59 Å². The highest BCUT2D eigenvalue weighted by Gasteiger charge is 2.30. The first-order chi connectivity index (χ1) is 12.6. The Bertz CT molecular complexity index is 606. The van der Waals surface area contributed by atoms with E-state index < -0.39 is 0 Å². The molecule has 3 rings (SSSR count). The fraction of sp³-hybridized carbons (Fsp3) is 0.600. The van der Waals surface area contributed by atoms with Crippen LogP contribution in [0.2, 0.25) is 5.02 Å². The second-order valence-corrected chi connectivity index (χ2v) is 7.71. The lowest BCUT2D eigenvalue weighted by atomic mass is 9.81. The lowest BCUT2D eigenvalue weighted by Crippen LogP contribution is -2.39. The van der Waals surface area contributed by atoms with Gasteiger partial charge in [-0.25, -0.2) is 0 Å². The fourth-order valence-corrected chi connectivity index (χ4v) is 3.84. The predicted molar refractivity (Wildman–Crippen MR) is 101 cm³/mol. The number of rotatable bonds is 6. The third kappa shape index (κ3) is 5.45. The van der Waals surface area contributed by atoms with Crippen molar-refractivity contribution in [2.45, 2.75) is 51.2 Å². The van der Waals surface area contributed by atoms with E-state index in [1.165, 1.54) is 0 Å². The molecule has 1 atom stereocenters. The van der Waals surface area contributed by atoms with E-state index in [1.54, 1.807) is 0 Å². The van der Waals surface area contributed by atoms with Gasteiger partial charge in [0.05, 0.1) is 6.10 Å². The number of ether oxygens (including phenoxy) is 1. The van der Waals surface area contributed by atoms with Gasteiger partial charge in [0.25, 0.3) is 0 Å². The van der Waals surface area contributed by atoms with Crippen LogP contribution in [0.1, 0.15) is 44.1 Å². The normalized spacial score (nSPS) is 25.7. The average molecular weight is 379 g/mol. The summed E-state index contributed by atoms with van der Waals surface area (Å²) in [6.07, 6.45) is 5.37. The molecule has 6 heteroatoms. The van der Waals surface area contributed by atoms with Gasteiger partial charge in [-0.05, 0) is 56.2 Å². The molecule has 0 spiro atoms. The molecule has 1 heterocycles. The largest absolute Gasteiger partial charge is 0.376 e. The summed E-state index contributed by atoms with van der Waals surface area (Å²) >= 11 is 5.87. The van der Waals surface area contributed by atoms with Gasteiger partial charge in [-0.1, -0.05) is 23.7 Å². The van der Waals surface area contributed by atoms with Gasteiger partial charge >= 0.3 is 0 Å². The van der Waals surface area contributed by atoms with Gasteiger partial charge in [0, 0.05) is 36.6 Å². The van der Waals surface area contributed by atoms with Gasteiger partial charge in [0.1, 0.15) is 0 Å². The van der Waals surface area contributed by atoms with Gasteiger partial charge in [0.2, 0.25) is 11.8 Å². The number of hydrogen-bond acceptors (Lipinski definition) is 3. The Labute approximate surface area is 159 Å². The zero-order valence-electron chi connectivity index (χ0n) is 15.0. The summed E-state index contributed by atoms with van der Waals surface area (Å²) in [6, 6.07) is 7.47. The molecule has 5 nitrogen and oxygen atoms in total. The van der Waals surface area contributed by atoms with E-state index in [0.29, 0.717) is 18.1 Å². The minimum Gasteiger partial charge on any atom is -0.376 e. The molecule has 26 heavy (non-hydrogen) atoms. The maximum absolute atomic E-state index is 12.4. The number of benzene rings is 1. The lowest BCUT2D eigenvalue weighted by molar-refractivity contribution is -0.130. The quantitative estimate of drug-likeness (QED) is 0.799. The molecule has 2 fully saturated rings. The van der Waals surface area contributed by atoms with Crippen molar-refractivity contribution in [1.29, 1.82) is 0 Å². The molecule has 1 aromatic carbocycles. The topological polar surface area (TPSA) is 67.4 Å². The molecule has 0 radical (unpaired) electrons. The monoisotopic (exact) mass is 378 g/mol. The Morgan fingerprint density at radius 3 is 2.15 bits per heavy atom. The molecular formula is C20H27ClN2O3. The zero-order valence-corrected chi connectivity index (χ0v) is 15.8. The van der Waals surface area contributed by atoms with Gasteiger partial charge in [-0.15, -0.1) is 0 Å². The van der Waals surface area contributed by atoms with Crippen LogP contribution >= 0.6 is 11.6 Å². The second kappa shape index (κ2) is 9.38. The SMILES string of the molecule is O=C(NCc1ccc(Cl)cc1)C1CCC(C(=O)NCC2CCCO2)CC1. The van der Waals surface area contributed by atoms with Crippen LogP contribution in [0.4, 0.5) is 0 Å². The van der Waals surface area contributed by atoms with Crippen LogP contribution in [-0.2, 0) is 20.9 Å². The zero-order chi connectivity index (χ0) is 18.4. The number of carbonyl (C=O) groups is 2. The standard InChI is InChI=1S/C20H27ClN2O3/c21-17-9-3-14(4-10-17)12-22-19(24)15-5-7-16(8-6-15)20(25)23-13-18-2-1-11-26-18/h3-4,9-10,15-16,18H,1-2,5-8,11-13H2,(H,22,24)(H,23,25). The van der Waals surface area contributed by atoms with E-state index in [4.69, 9.17) is 16.3 Å². The maximum Gasteiger partial charge on any atom is 0.223 e. The smallest absolute Gasteiger partial charge is 0.223 e. The van der Waals surface area contributed by atoms with Crippen molar-refractivity contribution >= 4 is 23.4 Å². The molecule has 1 aliphatic carbocycles. The van der Waals surface area contributed by atoms with E-state index in [-0.39, 0.29) is 29.8 Å². The van der Waals surface area contributed by atoms with Crippen LogP contribution in [-0.4, -0.2) is 31.1 Å². The second-order valence-electron chi connectivity index (χ2n) is 7.27. The van der Waals surface area contributed by atoms with Crippen LogP contribution in [0.15, 0.2) is 24.3 Å². The van der Waals surface area contributed by atoms with Crippen LogP contribution < -0.4 is 10.6 Å². The van der Waals surface area contributed by atoms with Crippen LogP contribution in [0.25, 0.3) is 0 Å². The highest BCUT2D eigenvalue weighted by Crippen LogP contribution is 2.29. The molecule has 0 bridgehead atoms. The molecule has 1 saturated heterocycles. The molecule has 2 aliphatic rings. The fourth-order valence-electron chi connectivity index (χ4n) is 3.72. The van der Waals surface area contributed by atoms with Crippen LogP contribution in [0.5, 0.6) is 0 Å². The summed E-state index contributed by atoms with van der Waals surface area (Å²) < 4.78 is 5.53. The first-order valence-corrected chi connectivity index (χ1v) is 9.91. The summed E-state index contributed by atoms with van der Waals surface area (Å²) in [6.45, 7) is 1.93. The third-order valence-electron chi connectivity index (χ3n) is 5.38. The minimum atomic E-state index is 0.00418. The van der Waals surface area contributed by atoms with Crippen molar-refractivity contribution in [3.05, 3.63) is 34.9 Å². The van der Waals surface area contributed by atoms with Crippen molar-refractivity contribution in [3.63, 3.8) is 0 Å². The van der Waals surface area contributed by atoms with Gasteiger partial charge in [0.15, 0.2) is 0 Å². The first-order valence-electron chi connectivity index (χ1n) is 9.53. The van der Waals surface area contributed by atoms with Crippen molar-refractivity contribution in [1.82, 2.24) is 10.6 Å². The number of amides is 2. The maximum atomic E-state index is 12.4. The van der Waals surface area contributed by atoms with E-state index in [0.717, 1.165) is 50.7 Å². The van der Waals surface area contributed by atoms with E-state index >= 15 is 0 Å². The molecule has 2 amide bonds. The Kier molecular flexibility index (Phi) is 6.92. The van der Waals surface area contributed by atoms with Crippen LogP contribution in [0, 0.1) is 11.8 Å². The number of nitrogens with one attached hydrogen (secondary N) is 2. The lowest BCUT2D eigenvalue weighted by Gasteiger charge is -2.27. The molecular weight excluding hydrogens is 352 g/mol. The third-order valence-corrected chi connectivity index (χ3v) is 5.63. The highest BCUT2D eigenvalue weighted by molar-refractivity contribution is 6.30. The number of halogens is 1. The molecule has 0 aromatic heterocycles. The van der Waals surface area contributed by atoms with Crippen molar-refractivity contribution < 1.29 is 14.3 Å². The minimum absolute atomic E-state index is 0.00418. The van der Waals surface area contributed by atoms with Crippen molar-refractivity contribution in [3.8, 4) is 0 Å². The van der Waals surface area contributed by atoms with E-state index in [9.17, 15) is 9.59 Å². The summed E-state index contributed by atoms with van der Waals surface area (Å²) in [7, 11) is 0. The Balaban J connectivity index is 1.36. The average Bonchev–Trinajstić information content (AvgIpc) is 3.19. The molecule has 2 N–H and O–H groups in total. The summed E-state index contributed by atoms with van der Waals surface area (Å²) in [5, 5.41) is 6.70. The Morgan fingerprint density at radius 2 is 1.58 bits per heavy atom. The van der Waals surface area contributed by atoms with Crippen molar-refractivity contribution in [2.24, 2.45) is 11.8 Å². The molecule has 1 saturated carbocycles. The van der Waals surface area contributed by atoms with Gasteiger partial charge < -0.3 is 15.4 Å². The Hall–Kier alpha value is -1.59. The van der Waals surface area contributed by atoms with E-state index in [2.05, 4.69) is 10.6 Å². The Morgan fingerprint density at radius 1 is 0.962 bits per heavy atom. The molecule has 142 valence electrons. The summed E-state index contributed by atoms with van der Waals surface area (Å²) in [5.74, 6) is 0.222. The molecule has 1 unspecified atom stereocenters. The van der Waals surface area contributed by atoms with Gasteiger partial charge in [-0.2, -0.15) is 0 Å².